The number of fused-ring (bicyclic) bond motifs is 3. The third-order valence-corrected chi connectivity index (χ3v) is 3.17. The lowest BCUT2D eigenvalue weighted by Crippen LogP contribution is -2.24. The van der Waals surface area contributed by atoms with Crippen molar-refractivity contribution < 1.29 is 0 Å². The van der Waals surface area contributed by atoms with Gasteiger partial charge in [0.25, 0.3) is 0 Å². The van der Waals surface area contributed by atoms with Gasteiger partial charge in [0.2, 0.25) is 0 Å². The van der Waals surface area contributed by atoms with Gasteiger partial charge in [0.05, 0.1) is 5.69 Å². The molecule has 68 valence electrons. The number of hydrogen-bond acceptors (Lipinski definition) is 3. The van der Waals surface area contributed by atoms with Gasteiger partial charge in [0.1, 0.15) is 5.82 Å². The van der Waals surface area contributed by atoms with Crippen LogP contribution in [0.1, 0.15) is 37.3 Å². The Morgan fingerprint density at radius 1 is 1.15 bits per heavy atom. The zero-order chi connectivity index (χ0) is 8.67. The highest BCUT2D eigenvalue weighted by Crippen LogP contribution is 2.41. The second-order valence-electron chi connectivity index (χ2n) is 3.93. The van der Waals surface area contributed by atoms with Crippen LogP contribution in [0.5, 0.6) is 0 Å². The number of anilines is 1. The lowest BCUT2D eigenvalue weighted by Gasteiger charge is -2.24. The number of rotatable bonds is 0. The maximum Gasteiger partial charge on any atom is 0.148 e. The van der Waals surface area contributed by atoms with Crippen LogP contribution in [0.4, 0.5) is 5.82 Å². The van der Waals surface area contributed by atoms with Crippen molar-refractivity contribution in [2.75, 3.05) is 5.32 Å². The SMILES string of the molecule is c1cnc2c(n1)NC1CCCCC21. The number of nitrogens with zero attached hydrogens (tertiary/aromatic N) is 2. The summed E-state index contributed by atoms with van der Waals surface area (Å²) in [4.78, 5) is 8.73. The van der Waals surface area contributed by atoms with E-state index in [2.05, 4.69) is 15.3 Å². The van der Waals surface area contributed by atoms with E-state index in [0.29, 0.717) is 12.0 Å². The van der Waals surface area contributed by atoms with Crippen molar-refractivity contribution in [2.45, 2.75) is 37.6 Å². The first-order valence-electron chi connectivity index (χ1n) is 5.02. The second kappa shape index (κ2) is 2.69. The summed E-state index contributed by atoms with van der Waals surface area (Å²) in [6.45, 7) is 0. The Balaban J connectivity index is 2.01. The van der Waals surface area contributed by atoms with E-state index in [9.17, 15) is 0 Å². The summed E-state index contributed by atoms with van der Waals surface area (Å²) < 4.78 is 0. The van der Waals surface area contributed by atoms with E-state index in [1.807, 2.05) is 0 Å². The zero-order valence-corrected chi connectivity index (χ0v) is 7.53. The van der Waals surface area contributed by atoms with Gasteiger partial charge in [0.15, 0.2) is 0 Å². The Labute approximate surface area is 77.6 Å². The molecule has 1 aliphatic heterocycles. The Bertz CT molecular complexity index is 324. The molecule has 1 fully saturated rings. The smallest absolute Gasteiger partial charge is 0.148 e. The molecule has 1 saturated carbocycles. The normalized spacial score (nSPS) is 30.5. The van der Waals surface area contributed by atoms with Gasteiger partial charge >= 0.3 is 0 Å². The van der Waals surface area contributed by atoms with Crippen LogP contribution in [0.15, 0.2) is 12.4 Å². The second-order valence-corrected chi connectivity index (χ2v) is 3.93. The minimum atomic E-state index is 0.617. The summed E-state index contributed by atoms with van der Waals surface area (Å²) in [5.41, 5.74) is 1.20. The summed E-state index contributed by atoms with van der Waals surface area (Å²) >= 11 is 0. The largest absolute Gasteiger partial charge is 0.365 e. The molecule has 3 rings (SSSR count). The van der Waals surface area contributed by atoms with E-state index in [1.54, 1.807) is 12.4 Å². The van der Waals surface area contributed by atoms with Crippen LogP contribution >= 0.6 is 0 Å². The van der Waals surface area contributed by atoms with Crippen molar-refractivity contribution in [3.8, 4) is 0 Å². The highest BCUT2D eigenvalue weighted by atomic mass is 15.1. The molecule has 13 heavy (non-hydrogen) atoms. The van der Waals surface area contributed by atoms with Gasteiger partial charge < -0.3 is 5.32 Å². The van der Waals surface area contributed by atoms with Crippen LogP contribution in [0.2, 0.25) is 0 Å². The predicted octanol–water partition coefficient (Wildman–Crippen LogP) is 1.93. The van der Waals surface area contributed by atoms with Crippen molar-refractivity contribution in [3.05, 3.63) is 18.1 Å². The molecule has 2 unspecified atom stereocenters. The molecular weight excluding hydrogens is 162 g/mol. The molecule has 0 radical (unpaired) electrons. The number of hydrogen-bond donors (Lipinski definition) is 1. The molecule has 1 aromatic heterocycles. The minimum Gasteiger partial charge on any atom is -0.365 e. The van der Waals surface area contributed by atoms with E-state index >= 15 is 0 Å². The van der Waals surface area contributed by atoms with E-state index in [4.69, 9.17) is 0 Å². The van der Waals surface area contributed by atoms with Gasteiger partial charge in [-0.25, -0.2) is 4.98 Å². The third-order valence-electron chi connectivity index (χ3n) is 3.17. The first kappa shape index (κ1) is 7.30. The van der Waals surface area contributed by atoms with Crippen LogP contribution in [-0.4, -0.2) is 16.0 Å². The molecule has 2 aliphatic rings. The van der Waals surface area contributed by atoms with E-state index < -0.39 is 0 Å². The van der Waals surface area contributed by atoms with Crippen molar-refractivity contribution in [1.82, 2.24) is 9.97 Å². The highest BCUT2D eigenvalue weighted by Gasteiger charge is 2.35. The summed E-state index contributed by atoms with van der Waals surface area (Å²) in [5, 5.41) is 3.46. The summed E-state index contributed by atoms with van der Waals surface area (Å²) in [6, 6.07) is 0.617. The van der Waals surface area contributed by atoms with E-state index in [1.165, 1.54) is 31.4 Å². The van der Waals surface area contributed by atoms with Crippen LogP contribution in [0.25, 0.3) is 0 Å². The quantitative estimate of drug-likeness (QED) is 0.654. The van der Waals surface area contributed by atoms with Crippen LogP contribution in [0.3, 0.4) is 0 Å². The molecule has 0 saturated heterocycles. The average Bonchev–Trinajstić information content (AvgIpc) is 2.56. The Kier molecular flexibility index (Phi) is 1.51. The first-order valence-corrected chi connectivity index (χ1v) is 5.02. The fourth-order valence-corrected chi connectivity index (χ4v) is 2.54. The highest BCUT2D eigenvalue weighted by molar-refractivity contribution is 5.50. The van der Waals surface area contributed by atoms with Crippen molar-refractivity contribution in [2.24, 2.45) is 0 Å². The topological polar surface area (TPSA) is 37.8 Å². The van der Waals surface area contributed by atoms with Crippen LogP contribution < -0.4 is 5.32 Å². The maximum atomic E-state index is 4.42. The third kappa shape index (κ3) is 1.03. The van der Waals surface area contributed by atoms with Crippen molar-refractivity contribution in [3.63, 3.8) is 0 Å². The fourth-order valence-electron chi connectivity index (χ4n) is 2.54. The molecule has 3 nitrogen and oxygen atoms in total. The summed E-state index contributed by atoms with van der Waals surface area (Å²) in [6.07, 6.45) is 8.83. The molecule has 0 bridgehead atoms. The predicted molar refractivity (Wildman–Crippen MR) is 50.7 cm³/mol. The first-order chi connectivity index (χ1) is 6.45. The van der Waals surface area contributed by atoms with E-state index in [0.717, 1.165) is 5.82 Å². The molecule has 0 amide bonds. The lowest BCUT2D eigenvalue weighted by atomic mass is 9.85. The molecule has 2 atom stereocenters. The van der Waals surface area contributed by atoms with Gasteiger partial charge in [-0.05, 0) is 12.8 Å². The number of aromatic nitrogens is 2. The van der Waals surface area contributed by atoms with Crippen LogP contribution in [-0.2, 0) is 0 Å². The van der Waals surface area contributed by atoms with Gasteiger partial charge in [-0.15, -0.1) is 0 Å². The molecule has 1 aliphatic carbocycles. The summed E-state index contributed by atoms with van der Waals surface area (Å²) in [5.74, 6) is 1.66. The molecule has 0 aromatic carbocycles. The molecule has 1 aromatic rings. The molecule has 3 heteroatoms. The monoisotopic (exact) mass is 175 g/mol. The fraction of sp³-hybridized carbons (Fsp3) is 0.600. The van der Waals surface area contributed by atoms with Crippen molar-refractivity contribution >= 4 is 5.82 Å². The standard InChI is InChI=1S/C10H13N3/c1-2-4-8-7(3-1)9-10(13-8)12-6-5-11-9/h5-8H,1-4H2,(H,12,13). The van der Waals surface area contributed by atoms with Gasteiger partial charge in [-0.3, -0.25) is 4.98 Å². The maximum absolute atomic E-state index is 4.42. The average molecular weight is 175 g/mol. The van der Waals surface area contributed by atoms with Gasteiger partial charge in [0, 0.05) is 24.4 Å². The Hall–Kier alpha value is -1.12. The van der Waals surface area contributed by atoms with Gasteiger partial charge in [-0.2, -0.15) is 0 Å². The van der Waals surface area contributed by atoms with Crippen molar-refractivity contribution in [1.29, 1.82) is 0 Å². The van der Waals surface area contributed by atoms with Crippen LogP contribution in [0, 0.1) is 0 Å². The Morgan fingerprint density at radius 2 is 2.00 bits per heavy atom. The molecule has 0 spiro atoms. The number of nitrogens with one attached hydrogen (secondary N) is 1. The molecular formula is C10H13N3. The lowest BCUT2D eigenvalue weighted by molar-refractivity contribution is 0.417. The summed E-state index contributed by atoms with van der Waals surface area (Å²) in [7, 11) is 0. The zero-order valence-electron chi connectivity index (χ0n) is 7.53. The molecule has 1 N–H and O–H groups in total. The molecule has 2 heterocycles. The minimum absolute atomic E-state index is 0.617. The van der Waals surface area contributed by atoms with Gasteiger partial charge in [-0.1, -0.05) is 12.8 Å². The van der Waals surface area contributed by atoms with E-state index in [-0.39, 0.29) is 0 Å². The Morgan fingerprint density at radius 3 is 3.00 bits per heavy atom.